The topological polar surface area (TPSA) is 41.5 Å². The molecular formula is C9H19NO2. The molecule has 1 fully saturated rings. The fourth-order valence-electron chi connectivity index (χ4n) is 1.44. The lowest BCUT2D eigenvalue weighted by Crippen LogP contribution is -2.51. The number of morpholine rings is 1. The van der Waals surface area contributed by atoms with Crippen LogP contribution in [0, 0.1) is 5.92 Å². The third-order valence-electron chi connectivity index (χ3n) is 2.35. The predicted molar refractivity (Wildman–Crippen MR) is 48.1 cm³/mol. The predicted octanol–water partition coefficient (Wildman–Crippen LogP) is 0.382. The van der Waals surface area contributed by atoms with Crippen molar-refractivity contribution < 1.29 is 9.84 Å². The second-order valence-electron chi connectivity index (χ2n) is 3.76. The molecule has 0 bridgehead atoms. The maximum atomic E-state index is 8.75. The first-order chi connectivity index (χ1) is 5.74. The van der Waals surface area contributed by atoms with Crippen molar-refractivity contribution in [2.45, 2.75) is 32.4 Å². The van der Waals surface area contributed by atoms with Gasteiger partial charge in [0, 0.05) is 18.7 Å². The van der Waals surface area contributed by atoms with E-state index >= 15 is 0 Å². The first-order valence-corrected chi connectivity index (χ1v) is 4.68. The van der Waals surface area contributed by atoms with E-state index in [-0.39, 0.29) is 6.61 Å². The van der Waals surface area contributed by atoms with Crippen LogP contribution in [-0.2, 0) is 4.74 Å². The van der Waals surface area contributed by atoms with Crippen LogP contribution in [0.1, 0.15) is 20.3 Å². The summed E-state index contributed by atoms with van der Waals surface area (Å²) in [5, 5.41) is 12.2. The van der Waals surface area contributed by atoms with Gasteiger partial charge >= 0.3 is 0 Å². The zero-order valence-electron chi connectivity index (χ0n) is 7.92. The maximum Gasteiger partial charge on any atom is 0.0623 e. The van der Waals surface area contributed by atoms with E-state index in [1.807, 2.05) is 0 Å². The molecule has 0 aromatic carbocycles. The Morgan fingerprint density at radius 1 is 1.50 bits per heavy atom. The molecule has 3 nitrogen and oxygen atoms in total. The molecule has 2 atom stereocenters. The number of hydrogen-bond acceptors (Lipinski definition) is 3. The van der Waals surface area contributed by atoms with Gasteiger partial charge in [0.05, 0.1) is 13.2 Å². The molecule has 12 heavy (non-hydrogen) atoms. The highest BCUT2D eigenvalue weighted by Crippen LogP contribution is 2.09. The summed E-state index contributed by atoms with van der Waals surface area (Å²) in [5.74, 6) is 0.603. The van der Waals surface area contributed by atoms with E-state index in [1.54, 1.807) is 0 Å². The molecule has 3 heteroatoms. The molecule has 0 radical (unpaired) electrons. The van der Waals surface area contributed by atoms with E-state index in [9.17, 15) is 0 Å². The third kappa shape index (κ3) is 2.73. The summed E-state index contributed by atoms with van der Waals surface area (Å²) in [4.78, 5) is 0. The van der Waals surface area contributed by atoms with Gasteiger partial charge in [-0.1, -0.05) is 13.8 Å². The van der Waals surface area contributed by atoms with Gasteiger partial charge in [-0.2, -0.15) is 0 Å². The molecule has 0 spiro atoms. The molecule has 0 saturated carbocycles. The van der Waals surface area contributed by atoms with Gasteiger partial charge in [-0.25, -0.2) is 0 Å². The number of nitrogens with one attached hydrogen (secondary N) is 1. The van der Waals surface area contributed by atoms with Crippen LogP contribution in [0.5, 0.6) is 0 Å². The van der Waals surface area contributed by atoms with Crippen LogP contribution in [0.15, 0.2) is 0 Å². The minimum Gasteiger partial charge on any atom is -0.396 e. The molecule has 72 valence electrons. The minimum absolute atomic E-state index is 0.242. The van der Waals surface area contributed by atoms with Crippen LogP contribution < -0.4 is 5.32 Å². The Labute approximate surface area is 74.1 Å². The molecule has 2 unspecified atom stereocenters. The highest BCUT2D eigenvalue weighted by molar-refractivity contribution is 4.80. The summed E-state index contributed by atoms with van der Waals surface area (Å²) in [7, 11) is 0. The van der Waals surface area contributed by atoms with Crippen molar-refractivity contribution in [1.29, 1.82) is 0 Å². The quantitative estimate of drug-likeness (QED) is 0.648. The Kier molecular flexibility index (Phi) is 3.98. The maximum absolute atomic E-state index is 8.75. The SMILES string of the molecule is CC(C)C1COCC(CCO)N1. The van der Waals surface area contributed by atoms with Gasteiger partial charge in [0.2, 0.25) is 0 Å². The van der Waals surface area contributed by atoms with Gasteiger partial charge in [-0.15, -0.1) is 0 Å². The van der Waals surface area contributed by atoms with E-state index in [0.717, 1.165) is 19.6 Å². The number of aliphatic hydroxyl groups excluding tert-OH is 1. The standard InChI is InChI=1S/C9H19NO2/c1-7(2)9-6-12-5-8(10-9)3-4-11/h7-11H,3-6H2,1-2H3. The molecule has 1 aliphatic rings. The Bertz CT molecular complexity index is 126. The van der Waals surface area contributed by atoms with Crippen molar-refractivity contribution in [2.75, 3.05) is 19.8 Å². The van der Waals surface area contributed by atoms with E-state index in [4.69, 9.17) is 9.84 Å². The van der Waals surface area contributed by atoms with Crippen LogP contribution in [-0.4, -0.2) is 37.0 Å². The van der Waals surface area contributed by atoms with Crippen LogP contribution in [0.25, 0.3) is 0 Å². The summed E-state index contributed by atoms with van der Waals surface area (Å²) < 4.78 is 5.43. The monoisotopic (exact) mass is 173 g/mol. The van der Waals surface area contributed by atoms with Crippen molar-refractivity contribution in [1.82, 2.24) is 5.32 Å². The van der Waals surface area contributed by atoms with Crippen molar-refractivity contribution >= 4 is 0 Å². The summed E-state index contributed by atoms with van der Waals surface area (Å²) in [6.45, 7) is 6.15. The second kappa shape index (κ2) is 4.80. The first-order valence-electron chi connectivity index (χ1n) is 4.68. The Balaban J connectivity index is 2.30. The second-order valence-corrected chi connectivity index (χ2v) is 3.76. The average molecular weight is 173 g/mol. The van der Waals surface area contributed by atoms with Crippen LogP contribution >= 0.6 is 0 Å². The zero-order chi connectivity index (χ0) is 8.97. The van der Waals surface area contributed by atoms with Gasteiger partial charge in [0.1, 0.15) is 0 Å². The Morgan fingerprint density at radius 2 is 2.25 bits per heavy atom. The van der Waals surface area contributed by atoms with Crippen molar-refractivity contribution in [3.8, 4) is 0 Å². The number of ether oxygens (including phenoxy) is 1. The molecule has 1 heterocycles. The first kappa shape index (κ1) is 9.96. The van der Waals surface area contributed by atoms with E-state index < -0.39 is 0 Å². The molecule has 2 N–H and O–H groups in total. The highest BCUT2D eigenvalue weighted by Gasteiger charge is 2.22. The molecule has 0 aromatic rings. The lowest BCUT2D eigenvalue weighted by Gasteiger charge is -2.33. The Morgan fingerprint density at radius 3 is 2.83 bits per heavy atom. The van der Waals surface area contributed by atoms with Crippen LogP contribution in [0.3, 0.4) is 0 Å². The fraction of sp³-hybridized carbons (Fsp3) is 1.00. The van der Waals surface area contributed by atoms with Crippen molar-refractivity contribution in [3.05, 3.63) is 0 Å². The van der Waals surface area contributed by atoms with Gasteiger partial charge in [-0.3, -0.25) is 0 Å². The molecule has 0 amide bonds. The lowest BCUT2D eigenvalue weighted by atomic mass is 10.0. The smallest absolute Gasteiger partial charge is 0.0623 e. The van der Waals surface area contributed by atoms with Gasteiger partial charge < -0.3 is 15.2 Å². The van der Waals surface area contributed by atoms with Gasteiger partial charge in [0.25, 0.3) is 0 Å². The molecule has 1 saturated heterocycles. The molecule has 0 aromatic heterocycles. The third-order valence-corrected chi connectivity index (χ3v) is 2.35. The van der Waals surface area contributed by atoms with E-state index in [0.29, 0.717) is 18.0 Å². The molecule has 0 aliphatic carbocycles. The summed E-state index contributed by atoms with van der Waals surface area (Å²) in [5.41, 5.74) is 0. The normalized spacial score (nSPS) is 31.0. The molecule has 1 aliphatic heterocycles. The van der Waals surface area contributed by atoms with Crippen LogP contribution in [0.4, 0.5) is 0 Å². The number of hydrogen-bond donors (Lipinski definition) is 2. The van der Waals surface area contributed by atoms with Crippen molar-refractivity contribution in [3.63, 3.8) is 0 Å². The van der Waals surface area contributed by atoms with Gasteiger partial charge in [0.15, 0.2) is 0 Å². The minimum atomic E-state index is 0.242. The van der Waals surface area contributed by atoms with Gasteiger partial charge in [-0.05, 0) is 12.3 Å². The van der Waals surface area contributed by atoms with Crippen molar-refractivity contribution in [2.24, 2.45) is 5.92 Å². The summed E-state index contributed by atoms with van der Waals surface area (Å²) in [6.07, 6.45) is 0.795. The lowest BCUT2D eigenvalue weighted by molar-refractivity contribution is 0.0252. The number of rotatable bonds is 3. The highest BCUT2D eigenvalue weighted by atomic mass is 16.5. The fourth-order valence-corrected chi connectivity index (χ4v) is 1.44. The average Bonchev–Trinajstić information content (AvgIpc) is 2.05. The summed E-state index contributed by atoms with van der Waals surface area (Å²) >= 11 is 0. The molecular weight excluding hydrogens is 154 g/mol. The zero-order valence-corrected chi connectivity index (χ0v) is 7.92. The Hall–Kier alpha value is -0.120. The van der Waals surface area contributed by atoms with E-state index in [1.165, 1.54) is 0 Å². The summed E-state index contributed by atoms with van der Waals surface area (Å²) in [6, 6.07) is 0.798. The van der Waals surface area contributed by atoms with Crippen LogP contribution in [0.2, 0.25) is 0 Å². The molecule has 1 rings (SSSR count). The number of aliphatic hydroxyl groups is 1. The largest absolute Gasteiger partial charge is 0.396 e. The van der Waals surface area contributed by atoms with E-state index in [2.05, 4.69) is 19.2 Å².